The van der Waals surface area contributed by atoms with Crippen LogP contribution in [0.5, 0.6) is 5.75 Å². The Morgan fingerprint density at radius 1 is 1.27 bits per heavy atom. The van der Waals surface area contributed by atoms with Crippen LogP contribution in [0.25, 0.3) is 0 Å². The molecule has 1 amide bonds. The summed E-state index contributed by atoms with van der Waals surface area (Å²) >= 11 is 0. The third-order valence-electron chi connectivity index (χ3n) is 5.59. The van der Waals surface area contributed by atoms with E-state index in [4.69, 9.17) is 14.2 Å². The van der Waals surface area contributed by atoms with Crippen LogP contribution in [0.1, 0.15) is 83.5 Å². The van der Waals surface area contributed by atoms with E-state index in [1.165, 1.54) is 0 Å². The Hall–Kier alpha value is -2.08. The smallest absolute Gasteiger partial charge is 0.341 e. The zero-order chi connectivity index (χ0) is 22.1. The molecule has 6 heteroatoms. The second-order valence-electron chi connectivity index (χ2n) is 8.27. The van der Waals surface area contributed by atoms with Crippen molar-refractivity contribution in [3.05, 3.63) is 23.8 Å². The monoisotopic (exact) mass is 419 g/mol. The van der Waals surface area contributed by atoms with Crippen molar-refractivity contribution in [3.8, 4) is 5.75 Å². The lowest BCUT2D eigenvalue weighted by molar-refractivity contribution is -0.148. The molecular weight excluding hydrogens is 382 g/mol. The van der Waals surface area contributed by atoms with Crippen molar-refractivity contribution in [2.24, 2.45) is 5.92 Å². The average molecular weight is 420 g/mol. The van der Waals surface area contributed by atoms with Gasteiger partial charge in [0.25, 0.3) is 5.91 Å². The van der Waals surface area contributed by atoms with Crippen molar-refractivity contribution in [3.63, 3.8) is 0 Å². The Morgan fingerprint density at radius 3 is 2.67 bits per heavy atom. The second-order valence-corrected chi connectivity index (χ2v) is 8.27. The predicted molar refractivity (Wildman–Crippen MR) is 118 cm³/mol. The van der Waals surface area contributed by atoms with Gasteiger partial charge in [0.15, 0.2) is 0 Å². The van der Waals surface area contributed by atoms with Crippen molar-refractivity contribution < 1.29 is 23.8 Å². The van der Waals surface area contributed by atoms with E-state index in [0.29, 0.717) is 42.4 Å². The molecule has 0 aliphatic heterocycles. The maximum atomic E-state index is 13.3. The number of ether oxygens (including phenoxy) is 3. The predicted octanol–water partition coefficient (Wildman–Crippen LogP) is 5.35. The van der Waals surface area contributed by atoms with Crippen LogP contribution in [0.4, 0.5) is 5.69 Å². The first kappa shape index (κ1) is 24.2. The third kappa shape index (κ3) is 6.21. The molecule has 0 heterocycles. The Kier molecular flexibility index (Phi) is 9.15. The first-order valence-corrected chi connectivity index (χ1v) is 11.3. The van der Waals surface area contributed by atoms with E-state index in [0.717, 1.165) is 25.7 Å². The highest BCUT2D eigenvalue weighted by Crippen LogP contribution is 2.37. The Bertz CT molecular complexity index is 720. The first-order valence-electron chi connectivity index (χ1n) is 11.3. The van der Waals surface area contributed by atoms with Crippen LogP contribution in [0.3, 0.4) is 0 Å². The van der Waals surface area contributed by atoms with E-state index in [-0.39, 0.29) is 18.6 Å². The van der Waals surface area contributed by atoms with Gasteiger partial charge in [-0.15, -0.1) is 0 Å². The largest absolute Gasteiger partial charge is 0.490 e. The first-order chi connectivity index (χ1) is 14.3. The highest BCUT2D eigenvalue weighted by molar-refractivity contribution is 5.99. The number of hydrogen-bond acceptors (Lipinski definition) is 5. The van der Waals surface area contributed by atoms with Gasteiger partial charge in [0.1, 0.15) is 16.9 Å². The number of anilines is 1. The molecule has 1 aliphatic rings. The minimum absolute atomic E-state index is 0.0342. The summed E-state index contributed by atoms with van der Waals surface area (Å²) < 4.78 is 17.2. The maximum Gasteiger partial charge on any atom is 0.341 e. The van der Waals surface area contributed by atoms with Crippen LogP contribution in [0.2, 0.25) is 0 Å². The van der Waals surface area contributed by atoms with Gasteiger partial charge in [-0.05, 0) is 70.1 Å². The maximum absolute atomic E-state index is 13.3. The molecule has 30 heavy (non-hydrogen) atoms. The number of benzene rings is 1. The molecule has 1 fully saturated rings. The summed E-state index contributed by atoms with van der Waals surface area (Å²) in [6.07, 6.45) is 5.14. The van der Waals surface area contributed by atoms with Gasteiger partial charge < -0.3 is 19.5 Å². The summed E-state index contributed by atoms with van der Waals surface area (Å²) in [5, 5.41) is 2.99. The molecule has 1 aliphatic carbocycles. The molecule has 0 radical (unpaired) electrons. The normalized spacial score (nSPS) is 22.2. The number of carbonyl (C=O) groups is 2. The van der Waals surface area contributed by atoms with E-state index in [9.17, 15) is 9.59 Å². The van der Waals surface area contributed by atoms with Gasteiger partial charge in [-0.1, -0.05) is 27.2 Å². The lowest BCUT2D eigenvalue weighted by Gasteiger charge is -2.38. The average Bonchev–Trinajstić information content (AvgIpc) is 2.73. The molecule has 6 nitrogen and oxygen atoms in total. The Labute approximate surface area is 180 Å². The number of amides is 1. The molecule has 168 valence electrons. The molecule has 0 unspecified atom stereocenters. The van der Waals surface area contributed by atoms with Crippen molar-refractivity contribution in [2.45, 2.75) is 84.8 Å². The molecule has 1 aromatic carbocycles. The van der Waals surface area contributed by atoms with Crippen molar-refractivity contribution in [1.29, 1.82) is 0 Å². The van der Waals surface area contributed by atoms with Crippen LogP contribution >= 0.6 is 0 Å². The molecule has 0 bridgehead atoms. The molecular formula is C24H37NO5. The van der Waals surface area contributed by atoms with Gasteiger partial charge >= 0.3 is 5.97 Å². The van der Waals surface area contributed by atoms with Gasteiger partial charge in [0.05, 0.1) is 12.7 Å². The van der Waals surface area contributed by atoms with Gasteiger partial charge in [0.2, 0.25) is 0 Å². The van der Waals surface area contributed by atoms with Gasteiger partial charge in [-0.2, -0.15) is 0 Å². The fraction of sp³-hybridized carbons (Fsp3) is 0.667. The van der Waals surface area contributed by atoms with E-state index < -0.39 is 11.6 Å². The molecule has 1 saturated carbocycles. The van der Waals surface area contributed by atoms with Crippen molar-refractivity contribution >= 4 is 17.6 Å². The van der Waals surface area contributed by atoms with Crippen molar-refractivity contribution in [2.75, 3.05) is 18.5 Å². The topological polar surface area (TPSA) is 73.9 Å². The summed E-state index contributed by atoms with van der Waals surface area (Å²) in [5.41, 5.74) is 0.0386. The quantitative estimate of drug-likeness (QED) is 0.517. The van der Waals surface area contributed by atoms with Crippen LogP contribution < -0.4 is 10.1 Å². The number of hydrogen-bond donors (Lipinski definition) is 1. The minimum atomic E-state index is -0.816. The fourth-order valence-corrected chi connectivity index (χ4v) is 3.83. The molecule has 1 N–H and O–H groups in total. The standard InChI is InChI=1S/C24H37NO5/c1-6-14-29-24(13-9-10-17(4)16-24)23(27)25-19-11-12-21(30-18(5)7-2)20(15-19)22(26)28-8-3/h11-12,15,17-18H,6-10,13-14,16H2,1-5H3,(H,25,27)/t17-,18+,24+/m1/s1. The van der Waals surface area contributed by atoms with Crippen LogP contribution in [-0.4, -0.2) is 36.8 Å². The van der Waals surface area contributed by atoms with Gasteiger partial charge in [-0.3, -0.25) is 4.79 Å². The number of rotatable bonds is 10. The molecule has 3 atom stereocenters. The molecule has 1 aromatic rings. The SMILES string of the molecule is CCCO[C@@]1(C(=O)Nc2ccc(O[C@@H](C)CC)c(C(=O)OCC)c2)CCC[C@@H](C)C1. The lowest BCUT2D eigenvalue weighted by Crippen LogP contribution is -2.48. The molecule has 2 rings (SSSR count). The summed E-state index contributed by atoms with van der Waals surface area (Å²) in [6, 6.07) is 5.11. The highest BCUT2D eigenvalue weighted by atomic mass is 16.5. The van der Waals surface area contributed by atoms with Crippen LogP contribution in [-0.2, 0) is 14.3 Å². The zero-order valence-electron chi connectivity index (χ0n) is 19.1. The van der Waals surface area contributed by atoms with E-state index >= 15 is 0 Å². The number of carbonyl (C=O) groups excluding carboxylic acids is 2. The summed E-state index contributed by atoms with van der Waals surface area (Å²) in [7, 11) is 0. The molecule has 0 saturated heterocycles. The Morgan fingerprint density at radius 2 is 2.03 bits per heavy atom. The van der Waals surface area contributed by atoms with Gasteiger partial charge in [0, 0.05) is 12.3 Å². The second kappa shape index (κ2) is 11.3. The number of esters is 1. The fourth-order valence-electron chi connectivity index (χ4n) is 3.83. The summed E-state index contributed by atoms with van der Waals surface area (Å²) in [4.78, 5) is 25.8. The third-order valence-corrected chi connectivity index (χ3v) is 5.59. The van der Waals surface area contributed by atoms with E-state index in [1.54, 1.807) is 25.1 Å². The Balaban J connectivity index is 2.27. The lowest BCUT2D eigenvalue weighted by atomic mass is 9.78. The van der Waals surface area contributed by atoms with Crippen LogP contribution in [0.15, 0.2) is 18.2 Å². The van der Waals surface area contributed by atoms with Crippen LogP contribution in [0, 0.1) is 5.92 Å². The van der Waals surface area contributed by atoms with E-state index in [1.807, 2.05) is 20.8 Å². The zero-order valence-corrected chi connectivity index (χ0v) is 19.1. The summed E-state index contributed by atoms with van der Waals surface area (Å²) in [5.74, 6) is 0.287. The molecule has 0 spiro atoms. The van der Waals surface area contributed by atoms with Crippen molar-refractivity contribution in [1.82, 2.24) is 0 Å². The van der Waals surface area contributed by atoms with Gasteiger partial charge in [-0.25, -0.2) is 4.79 Å². The summed E-state index contributed by atoms with van der Waals surface area (Å²) in [6.45, 7) is 10.8. The molecule has 0 aromatic heterocycles. The van der Waals surface area contributed by atoms with E-state index in [2.05, 4.69) is 12.2 Å². The highest BCUT2D eigenvalue weighted by Gasteiger charge is 2.42. The number of nitrogens with one attached hydrogen (secondary N) is 1. The minimum Gasteiger partial charge on any atom is -0.490 e.